The molecule has 0 aliphatic carbocycles. The SMILES string of the molecule is CCOc1ccc([C@H]2C(=C(O)c3ccc(OC)c(C)c3)C(=O)C(=O)N2c2nc3c(C)cc(C)cc3s2)cc1. The molecule has 1 aromatic heterocycles. The quantitative estimate of drug-likeness (QED) is 0.181. The predicted octanol–water partition coefficient (Wildman–Crippen LogP) is 6.26. The molecule has 1 amide bonds. The van der Waals surface area contributed by atoms with Crippen LogP contribution in [0, 0.1) is 20.8 Å². The fraction of sp³-hybridized carbons (Fsp3) is 0.233. The van der Waals surface area contributed by atoms with E-state index in [1.807, 2.05) is 52.0 Å². The van der Waals surface area contributed by atoms with Crippen molar-refractivity contribution in [2.24, 2.45) is 0 Å². The number of aryl methyl sites for hydroxylation is 3. The van der Waals surface area contributed by atoms with Gasteiger partial charge in [0.25, 0.3) is 5.78 Å². The van der Waals surface area contributed by atoms with Crippen LogP contribution in [0.3, 0.4) is 0 Å². The summed E-state index contributed by atoms with van der Waals surface area (Å²) in [4.78, 5) is 33.2. The Morgan fingerprint density at radius 1 is 1.03 bits per heavy atom. The Balaban J connectivity index is 1.71. The molecule has 194 valence electrons. The fourth-order valence-electron chi connectivity index (χ4n) is 4.90. The Hall–Kier alpha value is -4.17. The van der Waals surface area contributed by atoms with Crippen LogP contribution in [0.2, 0.25) is 0 Å². The predicted molar refractivity (Wildman–Crippen MR) is 149 cm³/mol. The number of benzene rings is 3. The molecule has 1 aliphatic rings. The van der Waals surface area contributed by atoms with Gasteiger partial charge >= 0.3 is 5.91 Å². The van der Waals surface area contributed by atoms with Crippen molar-refractivity contribution < 1.29 is 24.2 Å². The Labute approximate surface area is 225 Å². The van der Waals surface area contributed by atoms with E-state index in [9.17, 15) is 14.7 Å². The number of aromatic nitrogens is 1. The second-order valence-corrected chi connectivity index (χ2v) is 10.3. The highest BCUT2D eigenvalue weighted by Crippen LogP contribution is 2.45. The smallest absolute Gasteiger partial charge is 0.301 e. The van der Waals surface area contributed by atoms with Crippen LogP contribution >= 0.6 is 11.3 Å². The molecule has 0 radical (unpaired) electrons. The maximum atomic E-state index is 13.6. The van der Waals surface area contributed by atoms with Crippen LogP contribution < -0.4 is 14.4 Å². The van der Waals surface area contributed by atoms with E-state index < -0.39 is 17.7 Å². The lowest BCUT2D eigenvalue weighted by Gasteiger charge is -2.23. The van der Waals surface area contributed by atoms with E-state index in [1.165, 1.54) is 16.2 Å². The number of fused-ring (bicyclic) bond motifs is 1. The molecule has 4 aromatic rings. The van der Waals surface area contributed by atoms with Crippen molar-refractivity contribution in [2.45, 2.75) is 33.7 Å². The fourth-order valence-corrected chi connectivity index (χ4v) is 6.07. The van der Waals surface area contributed by atoms with Crippen LogP contribution in [0.5, 0.6) is 11.5 Å². The van der Waals surface area contributed by atoms with Crippen molar-refractivity contribution in [3.63, 3.8) is 0 Å². The third kappa shape index (κ3) is 4.31. The average Bonchev–Trinajstić information content (AvgIpc) is 3.43. The van der Waals surface area contributed by atoms with E-state index in [2.05, 4.69) is 0 Å². The van der Waals surface area contributed by atoms with Crippen molar-refractivity contribution in [1.29, 1.82) is 0 Å². The van der Waals surface area contributed by atoms with Crippen LogP contribution in [0.1, 0.15) is 40.8 Å². The number of amides is 1. The van der Waals surface area contributed by atoms with Gasteiger partial charge in [0.1, 0.15) is 17.3 Å². The van der Waals surface area contributed by atoms with Gasteiger partial charge in [-0.05, 0) is 86.3 Å². The van der Waals surface area contributed by atoms with Gasteiger partial charge in [0.05, 0.1) is 35.5 Å². The van der Waals surface area contributed by atoms with E-state index >= 15 is 0 Å². The minimum absolute atomic E-state index is 0.0101. The molecule has 5 rings (SSSR count). The summed E-state index contributed by atoms with van der Waals surface area (Å²) in [5, 5.41) is 11.9. The summed E-state index contributed by atoms with van der Waals surface area (Å²) < 4.78 is 11.9. The summed E-state index contributed by atoms with van der Waals surface area (Å²) in [6, 6.07) is 15.5. The molecule has 1 saturated heterocycles. The number of ether oxygens (including phenoxy) is 2. The molecule has 3 aromatic carbocycles. The first-order valence-electron chi connectivity index (χ1n) is 12.3. The number of hydrogen-bond donors (Lipinski definition) is 1. The number of Topliss-reactive ketones (excluding diaryl/α,β-unsaturated/α-hetero) is 1. The summed E-state index contributed by atoms with van der Waals surface area (Å²) in [6.07, 6.45) is 0. The zero-order valence-electron chi connectivity index (χ0n) is 21.9. The maximum absolute atomic E-state index is 13.6. The van der Waals surface area contributed by atoms with E-state index in [4.69, 9.17) is 14.5 Å². The van der Waals surface area contributed by atoms with Crippen LogP contribution in [-0.4, -0.2) is 35.5 Å². The van der Waals surface area contributed by atoms with Gasteiger partial charge < -0.3 is 14.6 Å². The number of rotatable bonds is 6. The topological polar surface area (TPSA) is 89.0 Å². The van der Waals surface area contributed by atoms with Crippen LogP contribution in [0.4, 0.5) is 5.13 Å². The first-order valence-corrected chi connectivity index (χ1v) is 13.1. The molecule has 0 saturated carbocycles. The zero-order valence-corrected chi connectivity index (χ0v) is 22.7. The molecule has 0 bridgehead atoms. The summed E-state index contributed by atoms with van der Waals surface area (Å²) in [5.74, 6) is -0.412. The van der Waals surface area contributed by atoms with Gasteiger partial charge in [-0.25, -0.2) is 4.98 Å². The highest BCUT2D eigenvalue weighted by molar-refractivity contribution is 7.22. The number of methoxy groups -OCH3 is 1. The van der Waals surface area contributed by atoms with Gasteiger partial charge in [0, 0.05) is 5.56 Å². The number of carbonyl (C=O) groups is 2. The number of nitrogens with zero attached hydrogens (tertiary/aromatic N) is 2. The first-order chi connectivity index (χ1) is 18.2. The molecule has 0 spiro atoms. The van der Waals surface area contributed by atoms with Crippen molar-refractivity contribution in [3.05, 3.63) is 88.0 Å². The van der Waals surface area contributed by atoms with Crippen molar-refractivity contribution in [2.75, 3.05) is 18.6 Å². The third-order valence-corrected chi connectivity index (χ3v) is 7.65. The van der Waals surface area contributed by atoms with E-state index in [0.717, 1.165) is 26.9 Å². The summed E-state index contributed by atoms with van der Waals surface area (Å²) >= 11 is 1.35. The lowest BCUT2D eigenvalue weighted by molar-refractivity contribution is -0.132. The Bertz CT molecular complexity index is 1600. The van der Waals surface area contributed by atoms with Gasteiger partial charge in [-0.2, -0.15) is 0 Å². The first kappa shape index (κ1) is 25.5. The minimum atomic E-state index is -0.866. The van der Waals surface area contributed by atoms with Crippen LogP contribution in [0.25, 0.3) is 16.0 Å². The lowest BCUT2D eigenvalue weighted by atomic mass is 9.95. The summed E-state index contributed by atoms with van der Waals surface area (Å²) in [7, 11) is 1.57. The lowest BCUT2D eigenvalue weighted by Crippen LogP contribution is -2.29. The molecule has 1 fully saturated rings. The molecule has 8 heteroatoms. The number of anilines is 1. The van der Waals surface area contributed by atoms with Crippen molar-refractivity contribution >= 4 is 44.1 Å². The molecule has 7 nitrogen and oxygen atoms in total. The summed E-state index contributed by atoms with van der Waals surface area (Å²) in [5.41, 5.74) is 4.75. The Morgan fingerprint density at radius 3 is 2.42 bits per heavy atom. The molecule has 1 atom stereocenters. The van der Waals surface area contributed by atoms with Crippen molar-refractivity contribution in [3.8, 4) is 11.5 Å². The maximum Gasteiger partial charge on any atom is 0.301 e. The van der Waals surface area contributed by atoms with Gasteiger partial charge in [-0.15, -0.1) is 0 Å². The number of thiazole rings is 1. The Morgan fingerprint density at radius 2 is 1.76 bits per heavy atom. The molecular formula is C30H28N2O5S. The van der Waals surface area contributed by atoms with Crippen LogP contribution in [0.15, 0.2) is 60.2 Å². The van der Waals surface area contributed by atoms with Gasteiger partial charge in [-0.3, -0.25) is 14.5 Å². The molecule has 1 aliphatic heterocycles. The second kappa shape index (κ2) is 9.95. The number of carbonyl (C=O) groups excluding carboxylic acids is 2. The highest BCUT2D eigenvalue weighted by Gasteiger charge is 2.48. The molecule has 0 unspecified atom stereocenters. The van der Waals surface area contributed by atoms with E-state index in [0.29, 0.717) is 34.4 Å². The average molecular weight is 529 g/mol. The van der Waals surface area contributed by atoms with Crippen LogP contribution in [-0.2, 0) is 9.59 Å². The number of hydrogen-bond acceptors (Lipinski definition) is 7. The highest BCUT2D eigenvalue weighted by atomic mass is 32.1. The second-order valence-electron chi connectivity index (χ2n) is 9.28. The standard InChI is InChI=1S/C30H28N2O5S/c1-6-37-21-10-7-19(8-11-21)26-24(27(33)20-9-12-22(36-5)17(3)15-20)28(34)29(35)32(26)30-31-25-18(4)13-16(2)14-23(25)38-30/h7-15,26,33H,6H2,1-5H3/t26-/m0/s1. The zero-order chi connectivity index (χ0) is 27.1. The van der Waals surface area contributed by atoms with E-state index in [1.54, 1.807) is 37.4 Å². The molecule has 2 heterocycles. The number of aliphatic hydroxyl groups is 1. The monoisotopic (exact) mass is 528 g/mol. The molecular weight excluding hydrogens is 500 g/mol. The number of ketones is 1. The van der Waals surface area contributed by atoms with Gasteiger partial charge in [0.15, 0.2) is 5.13 Å². The van der Waals surface area contributed by atoms with Gasteiger partial charge in [0.2, 0.25) is 0 Å². The van der Waals surface area contributed by atoms with Gasteiger partial charge in [-0.1, -0.05) is 29.5 Å². The Kier molecular flexibility index (Phi) is 6.67. The molecule has 38 heavy (non-hydrogen) atoms. The van der Waals surface area contributed by atoms with Crippen molar-refractivity contribution in [1.82, 2.24) is 4.98 Å². The summed E-state index contributed by atoms with van der Waals surface area (Å²) in [6.45, 7) is 8.25. The number of aliphatic hydroxyl groups excluding tert-OH is 1. The van der Waals surface area contributed by atoms with E-state index in [-0.39, 0.29) is 11.3 Å². The third-order valence-electron chi connectivity index (χ3n) is 6.64. The minimum Gasteiger partial charge on any atom is -0.507 e. The largest absolute Gasteiger partial charge is 0.507 e. The normalized spacial score (nSPS) is 16.9. The molecule has 1 N–H and O–H groups in total.